The first-order chi connectivity index (χ1) is 14.6. The minimum absolute atomic E-state index is 0.231. The van der Waals surface area contributed by atoms with Crippen molar-refractivity contribution in [3.8, 4) is 0 Å². The smallest absolute Gasteiger partial charge is 0.340 e. The molecule has 2 amide bonds. The number of esters is 1. The van der Waals surface area contributed by atoms with Gasteiger partial charge in [-0.3, -0.25) is 9.59 Å². The van der Waals surface area contributed by atoms with E-state index in [0.29, 0.717) is 32.8 Å². The van der Waals surface area contributed by atoms with E-state index in [1.54, 1.807) is 30.5 Å². The van der Waals surface area contributed by atoms with Gasteiger partial charge in [0.25, 0.3) is 0 Å². The largest absolute Gasteiger partial charge is 0.462 e. The number of rotatable bonds is 6. The highest BCUT2D eigenvalue weighted by atomic mass is 16.5. The van der Waals surface area contributed by atoms with Crippen LogP contribution in [-0.4, -0.2) is 60.5 Å². The van der Waals surface area contributed by atoms with Gasteiger partial charge in [0.05, 0.1) is 17.9 Å². The van der Waals surface area contributed by atoms with E-state index < -0.39 is 17.8 Å². The van der Waals surface area contributed by atoms with Crippen LogP contribution in [0.4, 0.5) is 11.5 Å². The number of carbonyl (C=O) groups is 3. The van der Waals surface area contributed by atoms with E-state index >= 15 is 0 Å². The number of para-hydroxylation sites is 1. The molecule has 3 rings (SSSR count). The molecule has 8 heteroatoms. The van der Waals surface area contributed by atoms with Crippen molar-refractivity contribution < 1.29 is 19.1 Å². The lowest BCUT2D eigenvalue weighted by atomic mass is 10.1. The monoisotopic (exact) mass is 410 g/mol. The van der Waals surface area contributed by atoms with Gasteiger partial charge in [0.1, 0.15) is 5.82 Å². The molecule has 0 spiro atoms. The number of anilines is 2. The molecule has 30 heavy (non-hydrogen) atoms. The average Bonchev–Trinajstić information content (AvgIpc) is 2.79. The minimum atomic E-state index is -0.768. The number of benzene rings is 1. The Morgan fingerprint density at radius 3 is 2.47 bits per heavy atom. The van der Waals surface area contributed by atoms with E-state index in [1.807, 2.05) is 25.1 Å². The van der Waals surface area contributed by atoms with Gasteiger partial charge in [-0.15, -0.1) is 0 Å². The third-order valence-corrected chi connectivity index (χ3v) is 4.86. The summed E-state index contributed by atoms with van der Waals surface area (Å²) in [6.07, 6.45) is 3.40. The van der Waals surface area contributed by atoms with Gasteiger partial charge in [0.15, 0.2) is 0 Å². The van der Waals surface area contributed by atoms with Crippen molar-refractivity contribution in [3.05, 3.63) is 54.2 Å². The van der Waals surface area contributed by atoms with Gasteiger partial charge in [0.2, 0.25) is 0 Å². The van der Waals surface area contributed by atoms with Gasteiger partial charge >= 0.3 is 17.8 Å². The summed E-state index contributed by atoms with van der Waals surface area (Å²) >= 11 is 0. The first-order valence-electron chi connectivity index (χ1n) is 10.1. The molecule has 158 valence electrons. The first kappa shape index (κ1) is 21.3. The lowest BCUT2D eigenvalue weighted by Crippen LogP contribution is -2.51. The van der Waals surface area contributed by atoms with Crippen molar-refractivity contribution in [3.63, 3.8) is 0 Å². The Kier molecular flexibility index (Phi) is 7.37. The second kappa shape index (κ2) is 10.4. The fourth-order valence-electron chi connectivity index (χ4n) is 3.16. The maximum absolute atomic E-state index is 12.6. The molecule has 1 aromatic carbocycles. The quantitative estimate of drug-likeness (QED) is 0.446. The maximum Gasteiger partial charge on any atom is 0.340 e. The van der Waals surface area contributed by atoms with Crippen LogP contribution < -0.4 is 10.2 Å². The molecule has 8 nitrogen and oxygen atoms in total. The summed E-state index contributed by atoms with van der Waals surface area (Å²) in [5, 5.41) is 2.56. The van der Waals surface area contributed by atoms with Crippen molar-refractivity contribution in [2.24, 2.45) is 0 Å². The van der Waals surface area contributed by atoms with Gasteiger partial charge in [0, 0.05) is 32.4 Å². The molecule has 1 fully saturated rings. The highest BCUT2D eigenvalue weighted by Gasteiger charge is 2.27. The molecule has 0 radical (unpaired) electrons. The number of nitrogens with zero attached hydrogens (tertiary/aromatic N) is 3. The summed E-state index contributed by atoms with van der Waals surface area (Å²) in [4.78, 5) is 45.3. The summed E-state index contributed by atoms with van der Waals surface area (Å²) in [6, 6.07) is 12.2. The number of unbranched alkanes of at least 4 members (excludes halogenated alkanes) is 1. The SMILES string of the molecule is CCCCOC(=O)c1ccccc1NC(=O)C(=O)N1CCN(c2ccccn2)CC1. The molecule has 1 saturated heterocycles. The summed E-state index contributed by atoms with van der Waals surface area (Å²) < 4.78 is 5.22. The van der Waals surface area contributed by atoms with Crippen molar-refractivity contribution in [1.29, 1.82) is 0 Å². The second-order valence-corrected chi connectivity index (χ2v) is 6.96. The number of amides is 2. The van der Waals surface area contributed by atoms with Gasteiger partial charge in [-0.1, -0.05) is 31.5 Å². The molecule has 0 atom stereocenters. The zero-order chi connectivity index (χ0) is 21.3. The number of hydrogen-bond acceptors (Lipinski definition) is 6. The number of nitrogens with one attached hydrogen (secondary N) is 1. The van der Waals surface area contributed by atoms with Crippen LogP contribution in [0.1, 0.15) is 30.1 Å². The molecule has 0 saturated carbocycles. The van der Waals surface area contributed by atoms with Crippen LogP contribution in [0.25, 0.3) is 0 Å². The van der Waals surface area contributed by atoms with Crippen molar-refractivity contribution in [2.75, 3.05) is 43.0 Å². The van der Waals surface area contributed by atoms with Gasteiger partial charge in [-0.05, 0) is 30.7 Å². The van der Waals surface area contributed by atoms with Crippen LogP contribution in [0, 0.1) is 0 Å². The Hall–Kier alpha value is -3.42. The third-order valence-electron chi connectivity index (χ3n) is 4.86. The normalized spacial score (nSPS) is 13.6. The summed E-state index contributed by atoms with van der Waals surface area (Å²) in [5.41, 5.74) is 0.499. The van der Waals surface area contributed by atoms with Crippen molar-refractivity contribution in [2.45, 2.75) is 19.8 Å². The highest BCUT2D eigenvalue weighted by Crippen LogP contribution is 2.17. The third kappa shape index (κ3) is 5.34. The lowest BCUT2D eigenvalue weighted by Gasteiger charge is -2.35. The summed E-state index contributed by atoms with van der Waals surface area (Å²) in [6.45, 7) is 4.35. The van der Waals surface area contributed by atoms with E-state index in [0.717, 1.165) is 18.7 Å². The Bertz CT molecular complexity index is 880. The summed E-state index contributed by atoms with van der Waals surface area (Å²) in [5.74, 6) is -1.06. The van der Waals surface area contributed by atoms with E-state index in [9.17, 15) is 14.4 Å². The molecule has 1 aromatic heterocycles. The second-order valence-electron chi connectivity index (χ2n) is 6.96. The van der Waals surface area contributed by atoms with E-state index in [-0.39, 0.29) is 11.3 Å². The van der Waals surface area contributed by atoms with Crippen LogP contribution >= 0.6 is 0 Å². The Morgan fingerprint density at radius 1 is 1.03 bits per heavy atom. The van der Waals surface area contributed by atoms with Gasteiger partial charge in [-0.25, -0.2) is 9.78 Å². The summed E-state index contributed by atoms with van der Waals surface area (Å²) in [7, 11) is 0. The van der Waals surface area contributed by atoms with Crippen LogP contribution in [0.2, 0.25) is 0 Å². The highest BCUT2D eigenvalue weighted by molar-refractivity contribution is 6.39. The molecule has 0 aliphatic carbocycles. The minimum Gasteiger partial charge on any atom is -0.462 e. The van der Waals surface area contributed by atoms with Gasteiger partial charge < -0.3 is 19.9 Å². The van der Waals surface area contributed by atoms with Crippen LogP contribution in [0.3, 0.4) is 0 Å². The number of pyridine rings is 1. The topological polar surface area (TPSA) is 91.8 Å². The van der Waals surface area contributed by atoms with Crippen molar-refractivity contribution in [1.82, 2.24) is 9.88 Å². The number of hydrogen-bond donors (Lipinski definition) is 1. The Morgan fingerprint density at radius 2 is 1.77 bits per heavy atom. The predicted octanol–water partition coefficient (Wildman–Crippen LogP) is 2.33. The van der Waals surface area contributed by atoms with E-state index in [2.05, 4.69) is 15.2 Å². The Balaban J connectivity index is 1.57. The first-order valence-corrected chi connectivity index (χ1v) is 10.1. The van der Waals surface area contributed by atoms with Gasteiger partial charge in [-0.2, -0.15) is 0 Å². The molecular weight excluding hydrogens is 384 g/mol. The lowest BCUT2D eigenvalue weighted by molar-refractivity contribution is -0.143. The molecule has 0 bridgehead atoms. The Labute approximate surface area is 175 Å². The molecule has 1 aliphatic rings. The number of aromatic nitrogens is 1. The van der Waals surface area contributed by atoms with Crippen molar-refractivity contribution >= 4 is 29.3 Å². The zero-order valence-electron chi connectivity index (χ0n) is 17.0. The maximum atomic E-state index is 12.6. The molecule has 2 heterocycles. The fourth-order valence-corrected chi connectivity index (χ4v) is 3.16. The molecule has 2 aromatic rings. The molecule has 1 aliphatic heterocycles. The fraction of sp³-hybridized carbons (Fsp3) is 0.364. The average molecular weight is 410 g/mol. The number of piperazine rings is 1. The van der Waals surface area contributed by atoms with E-state index in [1.165, 1.54) is 4.90 Å². The predicted molar refractivity (Wildman–Crippen MR) is 113 cm³/mol. The zero-order valence-corrected chi connectivity index (χ0v) is 17.0. The molecule has 1 N–H and O–H groups in total. The van der Waals surface area contributed by atoms with E-state index in [4.69, 9.17) is 4.74 Å². The van der Waals surface area contributed by atoms with Crippen LogP contribution in [-0.2, 0) is 14.3 Å². The number of ether oxygens (including phenoxy) is 1. The molecular formula is C22H26N4O4. The molecule has 0 unspecified atom stereocenters. The standard InChI is InChI=1S/C22H26N4O4/c1-2-3-16-30-22(29)17-8-4-5-9-18(17)24-20(27)21(28)26-14-12-25(13-15-26)19-10-6-7-11-23-19/h4-11H,2-3,12-16H2,1H3,(H,24,27). The van der Waals surface area contributed by atoms with Crippen LogP contribution in [0.15, 0.2) is 48.7 Å². The number of carbonyl (C=O) groups excluding carboxylic acids is 3. The van der Waals surface area contributed by atoms with Crippen LogP contribution in [0.5, 0.6) is 0 Å².